The molecule has 1 aromatic carbocycles. The van der Waals surface area contributed by atoms with Gasteiger partial charge in [-0.15, -0.1) is 11.6 Å². The fourth-order valence-corrected chi connectivity index (χ4v) is 4.27. The fourth-order valence-electron chi connectivity index (χ4n) is 1.16. The highest BCUT2D eigenvalue weighted by Crippen LogP contribution is 2.28. The number of sulfonamides is 1. The molecule has 0 radical (unpaired) electrons. The van der Waals surface area contributed by atoms with E-state index in [1.165, 1.54) is 11.4 Å². The minimum Gasteiger partial charge on any atom is -0.207 e. The topological polar surface area (TPSA) is 37.4 Å². The van der Waals surface area contributed by atoms with Crippen LogP contribution in [0.2, 0.25) is 0 Å². The normalized spacial score (nSPS) is 14.0. The third-order valence-electron chi connectivity index (χ3n) is 2.39. The van der Waals surface area contributed by atoms with E-state index in [9.17, 15) is 8.42 Å². The molecule has 0 heterocycles. The lowest BCUT2D eigenvalue weighted by molar-refractivity contribution is 0.413. The highest BCUT2D eigenvalue weighted by Gasteiger charge is 2.26. The van der Waals surface area contributed by atoms with Crippen molar-refractivity contribution in [2.45, 2.75) is 17.9 Å². The molecule has 1 atom stereocenters. The average molecular weight is 406 g/mol. The number of alkyl halides is 1. The van der Waals surface area contributed by atoms with Gasteiger partial charge in [0.2, 0.25) is 10.0 Å². The lowest BCUT2D eigenvalue weighted by atomic mass is 10.4. The first-order valence-corrected chi connectivity index (χ1v) is 8.35. The van der Waals surface area contributed by atoms with Gasteiger partial charge < -0.3 is 0 Å². The summed E-state index contributed by atoms with van der Waals surface area (Å²) in [6.45, 7) is 1.76. The van der Waals surface area contributed by atoms with Gasteiger partial charge in [0.05, 0.1) is 4.90 Å². The van der Waals surface area contributed by atoms with Crippen molar-refractivity contribution in [3.05, 3.63) is 27.1 Å². The van der Waals surface area contributed by atoms with Crippen LogP contribution in [0.4, 0.5) is 0 Å². The lowest BCUT2D eigenvalue weighted by Crippen LogP contribution is -2.36. The van der Waals surface area contributed by atoms with E-state index in [1.54, 1.807) is 25.1 Å². The molecular formula is C10H12Br2ClNO2S. The maximum absolute atomic E-state index is 12.3. The number of hydrogen-bond donors (Lipinski definition) is 0. The standard InChI is InChI=1S/C10H12Br2ClNO2S/c1-7(6-13)14(2)17(15,16)10-5-8(11)3-4-9(10)12/h3-5,7H,6H2,1-2H3. The summed E-state index contributed by atoms with van der Waals surface area (Å²) in [5, 5.41) is 0. The number of nitrogens with zero attached hydrogens (tertiary/aromatic N) is 1. The molecule has 7 heteroatoms. The van der Waals surface area contributed by atoms with Crippen LogP contribution in [-0.4, -0.2) is 31.7 Å². The first-order chi connectivity index (χ1) is 7.80. The summed E-state index contributed by atoms with van der Waals surface area (Å²) in [6, 6.07) is 4.77. The summed E-state index contributed by atoms with van der Waals surface area (Å²) in [6.07, 6.45) is 0. The molecule has 0 spiro atoms. The number of halogens is 3. The molecule has 0 saturated heterocycles. The third kappa shape index (κ3) is 3.44. The molecule has 0 aromatic heterocycles. The van der Waals surface area contributed by atoms with Crippen molar-refractivity contribution in [1.82, 2.24) is 4.31 Å². The van der Waals surface area contributed by atoms with E-state index in [1.807, 2.05) is 0 Å². The second-order valence-corrected chi connectivity index (χ2v) is 7.64. The summed E-state index contributed by atoms with van der Waals surface area (Å²) in [5.41, 5.74) is 0. The van der Waals surface area contributed by atoms with Crippen molar-refractivity contribution in [3.63, 3.8) is 0 Å². The SMILES string of the molecule is CC(CCl)N(C)S(=O)(=O)c1cc(Br)ccc1Br. The summed E-state index contributed by atoms with van der Waals surface area (Å²) in [7, 11) is -2.01. The predicted molar refractivity (Wildman–Crippen MR) is 77.0 cm³/mol. The summed E-state index contributed by atoms with van der Waals surface area (Å²) >= 11 is 12.2. The van der Waals surface area contributed by atoms with E-state index >= 15 is 0 Å². The number of hydrogen-bond acceptors (Lipinski definition) is 2. The molecule has 17 heavy (non-hydrogen) atoms. The third-order valence-corrected chi connectivity index (χ3v) is 6.30. The Bertz CT molecular complexity index is 507. The smallest absolute Gasteiger partial charge is 0.207 e. The minimum absolute atomic E-state index is 0.228. The molecule has 0 fully saturated rings. The molecule has 0 saturated carbocycles. The zero-order chi connectivity index (χ0) is 13.2. The maximum atomic E-state index is 12.3. The first kappa shape index (κ1) is 15.4. The van der Waals surface area contributed by atoms with Gasteiger partial charge in [-0.1, -0.05) is 15.9 Å². The molecule has 0 bridgehead atoms. The first-order valence-electron chi connectivity index (χ1n) is 4.79. The summed E-state index contributed by atoms with van der Waals surface area (Å²) in [4.78, 5) is 0.228. The molecule has 0 amide bonds. The minimum atomic E-state index is -3.53. The molecule has 0 aliphatic carbocycles. The Morgan fingerprint density at radius 2 is 2.00 bits per heavy atom. The Morgan fingerprint density at radius 3 is 2.53 bits per heavy atom. The molecule has 0 aliphatic heterocycles. The van der Waals surface area contributed by atoms with Crippen molar-refractivity contribution in [1.29, 1.82) is 0 Å². The Labute approximate surface area is 123 Å². The molecule has 1 rings (SSSR count). The summed E-state index contributed by atoms with van der Waals surface area (Å²) < 4.78 is 27.2. The van der Waals surface area contributed by atoms with Gasteiger partial charge in [0.1, 0.15) is 0 Å². The van der Waals surface area contributed by atoms with Gasteiger partial charge >= 0.3 is 0 Å². The second-order valence-electron chi connectivity index (χ2n) is 3.60. The van der Waals surface area contributed by atoms with Crippen molar-refractivity contribution >= 4 is 53.5 Å². The second kappa shape index (κ2) is 6.02. The fraction of sp³-hybridized carbons (Fsp3) is 0.400. The van der Waals surface area contributed by atoms with Crippen LogP contribution in [0.1, 0.15) is 6.92 Å². The van der Waals surface area contributed by atoms with Gasteiger partial charge in [-0.2, -0.15) is 4.31 Å². The van der Waals surface area contributed by atoms with Crippen LogP contribution < -0.4 is 0 Å². The molecular weight excluding hydrogens is 393 g/mol. The van der Waals surface area contributed by atoms with E-state index in [0.717, 1.165) is 0 Å². The molecule has 3 nitrogen and oxygen atoms in total. The predicted octanol–water partition coefficient (Wildman–Crippen LogP) is 3.46. The molecule has 0 aliphatic rings. The van der Waals surface area contributed by atoms with E-state index in [4.69, 9.17) is 11.6 Å². The Balaban J connectivity index is 3.26. The van der Waals surface area contributed by atoms with E-state index in [0.29, 0.717) is 8.95 Å². The highest BCUT2D eigenvalue weighted by atomic mass is 79.9. The van der Waals surface area contributed by atoms with Crippen molar-refractivity contribution in [3.8, 4) is 0 Å². The van der Waals surface area contributed by atoms with E-state index < -0.39 is 10.0 Å². The monoisotopic (exact) mass is 403 g/mol. The van der Waals surface area contributed by atoms with Gasteiger partial charge in [-0.05, 0) is 41.1 Å². The zero-order valence-electron chi connectivity index (χ0n) is 9.32. The van der Waals surface area contributed by atoms with E-state index in [-0.39, 0.29) is 16.8 Å². The van der Waals surface area contributed by atoms with Crippen LogP contribution in [0.5, 0.6) is 0 Å². The van der Waals surface area contributed by atoms with E-state index in [2.05, 4.69) is 31.9 Å². The van der Waals surface area contributed by atoms with Crippen LogP contribution in [0.15, 0.2) is 32.0 Å². The van der Waals surface area contributed by atoms with Crippen LogP contribution in [0.25, 0.3) is 0 Å². The largest absolute Gasteiger partial charge is 0.244 e. The van der Waals surface area contributed by atoms with Crippen LogP contribution in [0, 0.1) is 0 Å². The molecule has 0 N–H and O–H groups in total. The van der Waals surface area contributed by atoms with Crippen molar-refractivity contribution < 1.29 is 8.42 Å². The summed E-state index contributed by atoms with van der Waals surface area (Å²) in [5.74, 6) is 0.251. The Hall–Kier alpha value is 0.380. The van der Waals surface area contributed by atoms with Gasteiger partial charge in [-0.25, -0.2) is 8.42 Å². The average Bonchev–Trinajstić information content (AvgIpc) is 2.30. The number of benzene rings is 1. The molecule has 96 valence electrons. The van der Waals surface area contributed by atoms with Gasteiger partial charge in [0.25, 0.3) is 0 Å². The van der Waals surface area contributed by atoms with Crippen molar-refractivity contribution in [2.75, 3.05) is 12.9 Å². The Kier molecular flexibility index (Phi) is 5.46. The molecule has 1 aromatic rings. The molecule has 1 unspecified atom stereocenters. The van der Waals surface area contributed by atoms with Crippen LogP contribution >= 0.6 is 43.5 Å². The van der Waals surface area contributed by atoms with Gasteiger partial charge in [0.15, 0.2) is 0 Å². The Morgan fingerprint density at radius 1 is 1.41 bits per heavy atom. The highest BCUT2D eigenvalue weighted by molar-refractivity contribution is 9.11. The number of rotatable bonds is 4. The van der Waals surface area contributed by atoms with Crippen molar-refractivity contribution in [2.24, 2.45) is 0 Å². The quantitative estimate of drug-likeness (QED) is 0.720. The lowest BCUT2D eigenvalue weighted by Gasteiger charge is -2.23. The van der Waals surface area contributed by atoms with Crippen LogP contribution in [-0.2, 0) is 10.0 Å². The maximum Gasteiger partial charge on any atom is 0.244 e. The zero-order valence-corrected chi connectivity index (χ0v) is 14.1. The van der Waals surface area contributed by atoms with Gasteiger partial charge in [0, 0.05) is 27.9 Å². The van der Waals surface area contributed by atoms with Gasteiger partial charge in [-0.3, -0.25) is 0 Å². The van der Waals surface area contributed by atoms with Crippen LogP contribution in [0.3, 0.4) is 0 Å².